The Balaban J connectivity index is 2.30. The van der Waals surface area contributed by atoms with Crippen LogP contribution in [0.1, 0.15) is 26.5 Å². The summed E-state index contributed by atoms with van der Waals surface area (Å²) >= 11 is 0. The van der Waals surface area contributed by atoms with E-state index in [1.807, 2.05) is 34.0 Å². The summed E-state index contributed by atoms with van der Waals surface area (Å²) in [7, 11) is 1.63. The second kappa shape index (κ2) is 4.89. The molecule has 0 aromatic carbocycles. The normalized spacial score (nSPS) is 17.5. The molecule has 0 saturated carbocycles. The molecule has 2 rings (SSSR count). The summed E-state index contributed by atoms with van der Waals surface area (Å²) in [6.45, 7) is 12.8. The lowest BCUT2D eigenvalue weighted by Crippen LogP contribution is -2.35. The zero-order chi connectivity index (χ0) is 14.2. The van der Waals surface area contributed by atoms with Crippen molar-refractivity contribution in [2.75, 3.05) is 18.5 Å². The van der Waals surface area contributed by atoms with Crippen LogP contribution in [0.2, 0.25) is 0 Å². The Labute approximate surface area is 115 Å². The fraction of sp³-hybridized carbons (Fsp3) is 0.500. The lowest BCUT2D eigenvalue weighted by Gasteiger charge is -2.20. The summed E-state index contributed by atoms with van der Waals surface area (Å²) in [5, 5.41) is 0. The Kier molecular flexibility index (Phi) is 3.59. The van der Waals surface area contributed by atoms with Crippen LogP contribution in [0.3, 0.4) is 0 Å². The molecule has 1 aliphatic heterocycles. The van der Waals surface area contributed by atoms with Crippen LogP contribution in [0.25, 0.3) is 0 Å². The van der Waals surface area contributed by atoms with Crippen molar-refractivity contribution in [3.8, 4) is 0 Å². The second-order valence-corrected chi connectivity index (χ2v) is 5.39. The highest BCUT2D eigenvalue weighted by Crippen LogP contribution is 2.29. The molecule has 4 nitrogen and oxygen atoms in total. The third-order valence-corrected chi connectivity index (χ3v) is 3.56. The van der Waals surface area contributed by atoms with E-state index < -0.39 is 12.7 Å². The van der Waals surface area contributed by atoms with Crippen molar-refractivity contribution in [2.24, 2.45) is 0 Å². The average Bonchev–Trinajstić information content (AvgIpc) is 2.63. The van der Waals surface area contributed by atoms with Gasteiger partial charge in [-0.25, -0.2) is 0 Å². The maximum atomic E-state index is 5.88. The van der Waals surface area contributed by atoms with Gasteiger partial charge in [-0.15, -0.1) is 0 Å². The van der Waals surface area contributed by atoms with Crippen molar-refractivity contribution in [1.82, 2.24) is 4.98 Å². The Morgan fingerprint density at radius 1 is 1.47 bits per heavy atom. The highest BCUT2D eigenvalue weighted by molar-refractivity contribution is 6.62. The van der Waals surface area contributed by atoms with E-state index in [-0.39, 0.29) is 0 Å². The highest BCUT2D eigenvalue weighted by Gasteiger charge is 2.43. The van der Waals surface area contributed by atoms with Crippen molar-refractivity contribution in [3.05, 3.63) is 30.3 Å². The van der Waals surface area contributed by atoms with Crippen LogP contribution in [0.5, 0.6) is 0 Å². The van der Waals surface area contributed by atoms with Gasteiger partial charge in [0.1, 0.15) is 5.60 Å². The van der Waals surface area contributed by atoms with Gasteiger partial charge in [-0.2, -0.15) is 0 Å². The minimum absolute atomic E-state index is 0.417. The molecule has 1 fully saturated rings. The maximum absolute atomic E-state index is 5.88. The minimum Gasteiger partial charge on any atom is -0.534 e. The first-order chi connectivity index (χ1) is 8.85. The zero-order valence-corrected chi connectivity index (χ0v) is 12.4. The van der Waals surface area contributed by atoms with Crippen molar-refractivity contribution in [3.63, 3.8) is 0 Å². The molecule has 2 heterocycles. The lowest BCUT2D eigenvalue weighted by molar-refractivity contribution is 0.173. The van der Waals surface area contributed by atoms with Gasteiger partial charge >= 0.3 is 7.12 Å². The first-order valence-corrected chi connectivity index (χ1v) is 6.56. The molecular weight excluding hydrogens is 239 g/mol. The van der Waals surface area contributed by atoms with Crippen molar-refractivity contribution < 1.29 is 9.31 Å². The molecule has 0 spiro atoms. The van der Waals surface area contributed by atoms with E-state index in [2.05, 4.69) is 29.5 Å². The van der Waals surface area contributed by atoms with E-state index in [1.54, 1.807) is 0 Å². The Hall–Kier alpha value is -1.49. The third-order valence-electron chi connectivity index (χ3n) is 3.56. The smallest absolute Gasteiger partial charge is 0.534 e. The molecular formula is C14H21BN2O2. The van der Waals surface area contributed by atoms with Crippen molar-refractivity contribution >= 4 is 18.3 Å². The Morgan fingerprint density at radius 3 is 2.68 bits per heavy atom. The highest BCUT2D eigenvalue weighted by atomic mass is 16.7. The monoisotopic (exact) mass is 260 g/mol. The van der Waals surface area contributed by atoms with E-state index in [9.17, 15) is 0 Å². The topological polar surface area (TPSA) is 34.6 Å². The fourth-order valence-electron chi connectivity index (χ4n) is 1.99. The van der Waals surface area contributed by atoms with E-state index in [0.717, 1.165) is 23.4 Å². The van der Waals surface area contributed by atoms with Crippen LogP contribution in [0.4, 0.5) is 5.69 Å². The molecule has 0 N–H and O–H groups in total. The Morgan fingerprint density at radius 2 is 2.16 bits per heavy atom. The van der Waals surface area contributed by atoms with Crippen molar-refractivity contribution in [1.29, 1.82) is 0 Å². The first-order valence-electron chi connectivity index (χ1n) is 6.56. The van der Waals surface area contributed by atoms with Crippen molar-refractivity contribution in [2.45, 2.75) is 33.3 Å². The number of pyridine rings is 1. The van der Waals surface area contributed by atoms with Gasteiger partial charge in [0.15, 0.2) is 0 Å². The molecule has 1 saturated heterocycles. The maximum Gasteiger partial charge on any atom is 0.565 e. The van der Waals surface area contributed by atoms with E-state index in [4.69, 9.17) is 9.31 Å². The van der Waals surface area contributed by atoms with Gasteiger partial charge in [0.2, 0.25) is 0 Å². The largest absolute Gasteiger partial charge is 0.565 e. The SMILES string of the molecule is C=C1OB(c2cnc(C)c(N(C)CC)c2)OC1(C)C. The second-order valence-electron chi connectivity index (χ2n) is 5.39. The van der Waals surface area contributed by atoms with Crippen LogP contribution < -0.4 is 10.4 Å². The summed E-state index contributed by atoms with van der Waals surface area (Å²) < 4.78 is 11.6. The molecule has 0 atom stereocenters. The van der Waals surface area contributed by atoms with Crippen LogP contribution in [-0.4, -0.2) is 31.3 Å². The quantitative estimate of drug-likeness (QED) is 0.777. The van der Waals surface area contributed by atoms with Crippen LogP contribution in [0, 0.1) is 6.92 Å². The summed E-state index contributed by atoms with van der Waals surface area (Å²) in [6, 6.07) is 2.07. The Bertz CT molecular complexity index is 502. The number of anilines is 1. The molecule has 5 heteroatoms. The van der Waals surface area contributed by atoms with Crippen LogP contribution in [0.15, 0.2) is 24.6 Å². The molecule has 0 radical (unpaired) electrons. The molecule has 0 aliphatic carbocycles. The fourth-order valence-corrected chi connectivity index (χ4v) is 1.99. The van der Waals surface area contributed by atoms with Crippen LogP contribution >= 0.6 is 0 Å². The lowest BCUT2D eigenvalue weighted by atomic mass is 9.80. The number of hydrogen-bond donors (Lipinski definition) is 0. The third kappa shape index (κ3) is 2.61. The molecule has 0 amide bonds. The summed E-state index contributed by atoms with van der Waals surface area (Å²) in [4.78, 5) is 6.59. The predicted octanol–water partition coefficient (Wildman–Crippen LogP) is 1.88. The number of nitrogens with zero attached hydrogens (tertiary/aromatic N) is 2. The predicted molar refractivity (Wildman–Crippen MR) is 78.7 cm³/mol. The molecule has 102 valence electrons. The van der Waals surface area contributed by atoms with Gasteiger partial charge in [-0.05, 0) is 33.8 Å². The molecule has 19 heavy (non-hydrogen) atoms. The molecule has 0 unspecified atom stereocenters. The minimum atomic E-state index is -0.452. The number of aryl methyl sites for hydroxylation is 1. The number of rotatable bonds is 3. The summed E-state index contributed by atoms with van der Waals surface area (Å²) in [5.74, 6) is 0.656. The van der Waals surface area contributed by atoms with Gasteiger partial charge in [0.25, 0.3) is 0 Å². The van der Waals surface area contributed by atoms with Crippen LogP contribution in [-0.2, 0) is 9.31 Å². The van der Waals surface area contributed by atoms with Gasteiger partial charge in [-0.1, -0.05) is 6.58 Å². The van der Waals surface area contributed by atoms with E-state index in [1.165, 1.54) is 0 Å². The molecule has 0 bridgehead atoms. The molecule has 1 aliphatic rings. The van der Waals surface area contributed by atoms with Gasteiger partial charge < -0.3 is 14.2 Å². The molecule has 1 aromatic rings. The zero-order valence-electron chi connectivity index (χ0n) is 12.4. The van der Waals surface area contributed by atoms with Gasteiger partial charge in [0, 0.05) is 25.3 Å². The van der Waals surface area contributed by atoms with E-state index >= 15 is 0 Å². The standard InChI is InChI=1S/C14H21BN2O2/c1-7-17(6)13-8-12(9-16-10(13)2)15-18-11(3)14(4,5)19-15/h8-9H,3,7H2,1-2,4-6H3. The average molecular weight is 260 g/mol. The number of aromatic nitrogens is 1. The summed E-state index contributed by atoms with van der Waals surface area (Å²) in [5.41, 5.74) is 2.58. The summed E-state index contributed by atoms with van der Waals surface area (Å²) in [6.07, 6.45) is 1.81. The number of hydrogen-bond acceptors (Lipinski definition) is 4. The first kappa shape index (κ1) is 13.9. The van der Waals surface area contributed by atoms with Gasteiger partial charge in [0.05, 0.1) is 17.1 Å². The molecule has 1 aromatic heterocycles. The van der Waals surface area contributed by atoms with Gasteiger partial charge in [-0.3, -0.25) is 4.98 Å². The van der Waals surface area contributed by atoms with E-state index in [0.29, 0.717) is 5.76 Å².